The van der Waals surface area contributed by atoms with Crippen LogP contribution in [0.2, 0.25) is 0 Å². The number of nitrogens with two attached hydrogens (primary N) is 1. The van der Waals surface area contributed by atoms with Crippen LogP contribution in [-0.4, -0.2) is 25.7 Å². The van der Waals surface area contributed by atoms with Gasteiger partial charge in [0.05, 0.1) is 6.61 Å². The highest BCUT2D eigenvalue weighted by molar-refractivity contribution is 5.95. The van der Waals surface area contributed by atoms with Crippen LogP contribution in [0.3, 0.4) is 0 Å². The topological polar surface area (TPSA) is 73.6 Å². The Labute approximate surface area is 154 Å². The number of ether oxygens (including phenoxy) is 2. The third-order valence-corrected chi connectivity index (χ3v) is 4.67. The van der Waals surface area contributed by atoms with Crippen LogP contribution in [0.15, 0.2) is 48.5 Å². The lowest BCUT2D eigenvalue weighted by molar-refractivity contribution is -0.117. The molecule has 0 saturated carbocycles. The molecule has 3 N–H and O–H groups in total. The second-order valence-electron chi connectivity index (χ2n) is 6.77. The molecule has 3 rings (SSSR count). The lowest BCUT2D eigenvalue weighted by atomic mass is 10.0. The number of rotatable bonds is 6. The van der Waals surface area contributed by atoms with Crippen LogP contribution in [0, 0.1) is 12.8 Å². The quantitative estimate of drug-likeness (QED) is 0.833. The van der Waals surface area contributed by atoms with Crippen molar-refractivity contribution in [2.24, 2.45) is 11.7 Å². The first kappa shape index (κ1) is 18.4. The lowest BCUT2D eigenvalue weighted by Gasteiger charge is -2.22. The molecule has 2 aromatic carbocycles. The molecule has 1 amide bonds. The number of carbonyl (C=O) groups excluding carboxylic acids is 1. The highest BCUT2D eigenvalue weighted by atomic mass is 16.5. The molecule has 5 heteroatoms. The number of anilines is 1. The Kier molecular flexibility index (Phi) is 6.26. The van der Waals surface area contributed by atoms with Crippen molar-refractivity contribution in [2.45, 2.75) is 25.8 Å². The zero-order chi connectivity index (χ0) is 18.4. The molecule has 26 heavy (non-hydrogen) atoms. The van der Waals surface area contributed by atoms with Gasteiger partial charge < -0.3 is 20.5 Å². The fourth-order valence-corrected chi connectivity index (χ4v) is 2.91. The highest BCUT2D eigenvalue weighted by Crippen LogP contribution is 2.21. The Balaban J connectivity index is 1.51. The van der Waals surface area contributed by atoms with Gasteiger partial charge in [-0.05, 0) is 55.5 Å². The molecule has 0 aromatic heterocycles. The van der Waals surface area contributed by atoms with Crippen molar-refractivity contribution in [2.75, 3.05) is 25.1 Å². The summed E-state index contributed by atoms with van der Waals surface area (Å²) in [5, 5.41) is 2.85. The first-order valence-electron chi connectivity index (χ1n) is 9.05. The molecule has 0 radical (unpaired) electrons. The van der Waals surface area contributed by atoms with Gasteiger partial charge in [0.25, 0.3) is 0 Å². The van der Waals surface area contributed by atoms with Crippen LogP contribution in [0.25, 0.3) is 0 Å². The molecule has 1 heterocycles. The minimum Gasteiger partial charge on any atom is -0.493 e. The number of nitrogens with one attached hydrogen (secondary N) is 1. The zero-order valence-electron chi connectivity index (χ0n) is 15.1. The number of carbonyl (C=O) groups is 1. The maximum atomic E-state index is 12.3. The van der Waals surface area contributed by atoms with Crippen LogP contribution < -0.4 is 15.8 Å². The largest absolute Gasteiger partial charge is 0.493 e. The summed E-state index contributed by atoms with van der Waals surface area (Å²) >= 11 is 0. The van der Waals surface area contributed by atoms with Crippen LogP contribution in [0.4, 0.5) is 5.69 Å². The van der Waals surface area contributed by atoms with Gasteiger partial charge >= 0.3 is 0 Å². The average molecular weight is 354 g/mol. The smallest absolute Gasteiger partial charge is 0.245 e. The summed E-state index contributed by atoms with van der Waals surface area (Å²) in [6, 6.07) is 14.4. The van der Waals surface area contributed by atoms with E-state index < -0.39 is 6.04 Å². The third-order valence-electron chi connectivity index (χ3n) is 4.67. The van der Waals surface area contributed by atoms with E-state index in [0.717, 1.165) is 42.9 Å². The lowest BCUT2D eigenvalue weighted by Crippen LogP contribution is -2.27. The summed E-state index contributed by atoms with van der Waals surface area (Å²) < 4.78 is 11.2. The summed E-state index contributed by atoms with van der Waals surface area (Å²) in [5.74, 6) is 1.12. The number of hydrogen-bond donors (Lipinski definition) is 2. The van der Waals surface area contributed by atoms with Crippen molar-refractivity contribution < 1.29 is 14.3 Å². The molecule has 2 aromatic rings. The molecule has 0 aliphatic carbocycles. The molecule has 138 valence electrons. The van der Waals surface area contributed by atoms with E-state index in [2.05, 4.69) is 5.32 Å². The van der Waals surface area contributed by atoms with Gasteiger partial charge in [0, 0.05) is 18.9 Å². The van der Waals surface area contributed by atoms with E-state index in [1.54, 1.807) is 0 Å². The number of benzene rings is 2. The van der Waals surface area contributed by atoms with Gasteiger partial charge in [-0.15, -0.1) is 0 Å². The predicted octanol–water partition coefficient (Wildman–Crippen LogP) is 3.44. The maximum Gasteiger partial charge on any atom is 0.245 e. The molecule has 1 fully saturated rings. The van der Waals surface area contributed by atoms with Crippen molar-refractivity contribution in [1.29, 1.82) is 0 Å². The Morgan fingerprint density at radius 2 is 1.81 bits per heavy atom. The fraction of sp³-hybridized carbons (Fsp3) is 0.381. The van der Waals surface area contributed by atoms with Crippen molar-refractivity contribution in [1.82, 2.24) is 0 Å². The molecule has 0 bridgehead atoms. The highest BCUT2D eigenvalue weighted by Gasteiger charge is 2.16. The monoisotopic (exact) mass is 354 g/mol. The van der Waals surface area contributed by atoms with E-state index in [1.165, 1.54) is 0 Å². The van der Waals surface area contributed by atoms with Gasteiger partial charge in [0.15, 0.2) is 0 Å². The molecule has 1 unspecified atom stereocenters. The van der Waals surface area contributed by atoms with E-state index in [4.69, 9.17) is 15.2 Å². The Morgan fingerprint density at radius 1 is 1.15 bits per heavy atom. The zero-order valence-corrected chi connectivity index (χ0v) is 15.1. The van der Waals surface area contributed by atoms with Crippen LogP contribution in [0.1, 0.15) is 30.0 Å². The SMILES string of the molecule is Cc1ccc(C(N)C(=O)Nc2ccc(OCC3CCOCC3)cc2)cc1. The average Bonchev–Trinajstić information content (AvgIpc) is 2.68. The van der Waals surface area contributed by atoms with Gasteiger partial charge in [-0.25, -0.2) is 0 Å². The standard InChI is InChI=1S/C21H26N2O3/c1-15-2-4-17(5-3-15)20(22)21(24)23-18-6-8-19(9-7-18)26-14-16-10-12-25-13-11-16/h2-9,16,20H,10-14,22H2,1H3,(H,23,24). The van der Waals surface area contributed by atoms with Crippen LogP contribution >= 0.6 is 0 Å². The molecule has 1 aliphatic heterocycles. The van der Waals surface area contributed by atoms with Crippen molar-refractivity contribution in [3.63, 3.8) is 0 Å². The third kappa shape index (κ3) is 5.07. The van der Waals surface area contributed by atoms with Gasteiger partial charge in [-0.3, -0.25) is 4.79 Å². The molecule has 1 aliphatic rings. The fourth-order valence-electron chi connectivity index (χ4n) is 2.91. The summed E-state index contributed by atoms with van der Waals surface area (Å²) in [4.78, 5) is 12.3. The number of aryl methyl sites for hydroxylation is 1. The first-order chi connectivity index (χ1) is 12.6. The van der Waals surface area contributed by atoms with Crippen molar-refractivity contribution in [3.05, 3.63) is 59.7 Å². The van der Waals surface area contributed by atoms with E-state index in [1.807, 2.05) is 55.5 Å². The van der Waals surface area contributed by atoms with Crippen LogP contribution in [0.5, 0.6) is 5.75 Å². The predicted molar refractivity (Wildman–Crippen MR) is 102 cm³/mol. The minimum absolute atomic E-state index is 0.232. The molecular formula is C21H26N2O3. The van der Waals surface area contributed by atoms with E-state index in [0.29, 0.717) is 18.2 Å². The second-order valence-corrected chi connectivity index (χ2v) is 6.77. The molecule has 5 nitrogen and oxygen atoms in total. The van der Waals surface area contributed by atoms with Crippen molar-refractivity contribution in [3.8, 4) is 5.75 Å². The summed E-state index contributed by atoms with van der Waals surface area (Å²) in [5.41, 5.74) is 8.69. The van der Waals surface area contributed by atoms with E-state index in [9.17, 15) is 4.79 Å². The Hall–Kier alpha value is -2.37. The first-order valence-corrected chi connectivity index (χ1v) is 9.05. The normalized spacial score (nSPS) is 16.1. The van der Waals surface area contributed by atoms with Gasteiger partial charge in [0.1, 0.15) is 11.8 Å². The number of hydrogen-bond acceptors (Lipinski definition) is 4. The second kappa shape index (κ2) is 8.83. The molecule has 0 spiro atoms. The minimum atomic E-state index is -0.694. The van der Waals surface area contributed by atoms with Gasteiger partial charge in [-0.1, -0.05) is 29.8 Å². The summed E-state index contributed by atoms with van der Waals surface area (Å²) in [7, 11) is 0. The Bertz CT molecular complexity index is 707. The maximum absolute atomic E-state index is 12.3. The van der Waals surface area contributed by atoms with E-state index >= 15 is 0 Å². The number of amides is 1. The Morgan fingerprint density at radius 3 is 2.46 bits per heavy atom. The van der Waals surface area contributed by atoms with E-state index in [-0.39, 0.29) is 5.91 Å². The van der Waals surface area contributed by atoms with Gasteiger partial charge in [-0.2, -0.15) is 0 Å². The summed E-state index contributed by atoms with van der Waals surface area (Å²) in [6.45, 7) is 4.34. The van der Waals surface area contributed by atoms with Crippen molar-refractivity contribution >= 4 is 11.6 Å². The molecular weight excluding hydrogens is 328 g/mol. The molecule has 1 saturated heterocycles. The summed E-state index contributed by atoms with van der Waals surface area (Å²) in [6.07, 6.45) is 2.09. The van der Waals surface area contributed by atoms with Crippen LogP contribution in [-0.2, 0) is 9.53 Å². The van der Waals surface area contributed by atoms with Gasteiger partial charge in [0.2, 0.25) is 5.91 Å². The molecule has 1 atom stereocenters.